The maximum absolute atomic E-state index is 11.8. The molecule has 2 heterocycles. The maximum atomic E-state index is 11.8. The van der Waals surface area contributed by atoms with Gasteiger partial charge < -0.3 is 10.1 Å². The van der Waals surface area contributed by atoms with E-state index >= 15 is 0 Å². The molecule has 0 bridgehead atoms. The first-order chi connectivity index (χ1) is 8.79. The summed E-state index contributed by atoms with van der Waals surface area (Å²) >= 11 is 0. The van der Waals surface area contributed by atoms with Crippen LogP contribution in [-0.4, -0.2) is 29.6 Å². The minimum Gasteiger partial charge on any atom is -0.464 e. The number of aromatic nitrogens is 2. The average molecular weight is 247 g/mol. The van der Waals surface area contributed by atoms with Crippen molar-refractivity contribution in [2.75, 3.05) is 13.7 Å². The second-order valence-corrected chi connectivity index (χ2v) is 4.90. The van der Waals surface area contributed by atoms with Crippen LogP contribution in [0, 0.1) is 0 Å². The number of esters is 1. The van der Waals surface area contributed by atoms with Gasteiger partial charge in [-0.2, -0.15) is 0 Å². The Morgan fingerprint density at radius 2 is 2.22 bits per heavy atom. The molecule has 1 saturated carbocycles. The Bertz CT molecular complexity index is 483. The zero-order valence-corrected chi connectivity index (χ0v) is 10.5. The second kappa shape index (κ2) is 4.65. The monoisotopic (exact) mass is 247 g/mol. The van der Waals surface area contributed by atoms with Crippen LogP contribution in [0.3, 0.4) is 0 Å². The van der Waals surface area contributed by atoms with Crippen molar-refractivity contribution in [3.63, 3.8) is 0 Å². The van der Waals surface area contributed by atoms with Gasteiger partial charge in [-0.15, -0.1) is 0 Å². The van der Waals surface area contributed by atoms with Crippen molar-refractivity contribution >= 4 is 5.97 Å². The SMILES string of the molecule is COC(=O)c1nc(C2CCC2)nc2c1CCNC2. The molecule has 1 fully saturated rings. The molecule has 0 unspecified atom stereocenters. The summed E-state index contributed by atoms with van der Waals surface area (Å²) in [6.07, 6.45) is 4.29. The topological polar surface area (TPSA) is 64.1 Å². The Labute approximate surface area is 106 Å². The van der Waals surface area contributed by atoms with Crippen molar-refractivity contribution in [2.45, 2.75) is 38.1 Å². The molecule has 5 nitrogen and oxygen atoms in total. The molecule has 0 radical (unpaired) electrons. The Morgan fingerprint density at radius 3 is 2.89 bits per heavy atom. The molecule has 0 atom stereocenters. The van der Waals surface area contributed by atoms with Crippen LogP contribution in [0.25, 0.3) is 0 Å². The number of ether oxygens (including phenoxy) is 1. The summed E-state index contributed by atoms with van der Waals surface area (Å²) in [4.78, 5) is 20.9. The average Bonchev–Trinajstić information content (AvgIpc) is 2.35. The minimum absolute atomic E-state index is 0.337. The summed E-state index contributed by atoms with van der Waals surface area (Å²) in [5.74, 6) is 0.917. The highest BCUT2D eigenvalue weighted by atomic mass is 16.5. The number of nitrogens with one attached hydrogen (secondary N) is 1. The summed E-state index contributed by atoms with van der Waals surface area (Å²) in [5.41, 5.74) is 2.41. The van der Waals surface area contributed by atoms with Crippen molar-refractivity contribution < 1.29 is 9.53 Å². The number of fused-ring (bicyclic) bond motifs is 1. The molecule has 1 aromatic rings. The molecule has 1 aromatic heterocycles. The van der Waals surface area contributed by atoms with Crippen LogP contribution in [-0.2, 0) is 17.7 Å². The van der Waals surface area contributed by atoms with E-state index in [9.17, 15) is 4.79 Å². The highest BCUT2D eigenvalue weighted by molar-refractivity contribution is 5.89. The summed E-state index contributed by atoms with van der Waals surface area (Å²) in [5, 5.41) is 3.28. The molecule has 18 heavy (non-hydrogen) atoms. The quantitative estimate of drug-likeness (QED) is 0.795. The first-order valence-electron chi connectivity index (χ1n) is 6.48. The Morgan fingerprint density at radius 1 is 1.39 bits per heavy atom. The van der Waals surface area contributed by atoms with Gasteiger partial charge in [0.25, 0.3) is 0 Å². The normalized spacial score (nSPS) is 18.9. The predicted octanol–water partition coefficient (Wildman–Crippen LogP) is 1.18. The van der Waals surface area contributed by atoms with E-state index in [1.807, 2.05) is 0 Å². The summed E-state index contributed by atoms with van der Waals surface area (Å²) in [6.45, 7) is 1.59. The van der Waals surface area contributed by atoms with E-state index in [1.165, 1.54) is 13.5 Å². The van der Waals surface area contributed by atoms with Crippen LogP contribution in [0.2, 0.25) is 0 Å². The van der Waals surface area contributed by atoms with Gasteiger partial charge in [0.1, 0.15) is 5.82 Å². The molecule has 2 aliphatic rings. The summed E-state index contributed by atoms with van der Waals surface area (Å²) in [7, 11) is 1.40. The summed E-state index contributed by atoms with van der Waals surface area (Å²) in [6, 6.07) is 0. The van der Waals surface area contributed by atoms with Gasteiger partial charge in [0, 0.05) is 18.0 Å². The minimum atomic E-state index is -0.337. The molecule has 3 rings (SSSR count). The number of nitrogens with zero attached hydrogens (tertiary/aromatic N) is 2. The van der Waals surface area contributed by atoms with Gasteiger partial charge in [-0.1, -0.05) is 6.42 Å². The highest BCUT2D eigenvalue weighted by Gasteiger charge is 2.28. The zero-order chi connectivity index (χ0) is 12.5. The fourth-order valence-electron chi connectivity index (χ4n) is 2.49. The second-order valence-electron chi connectivity index (χ2n) is 4.90. The smallest absolute Gasteiger partial charge is 0.357 e. The molecule has 5 heteroatoms. The Balaban J connectivity index is 2.05. The van der Waals surface area contributed by atoms with Crippen LogP contribution >= 0.6 is 0 Å². The van der Waals surface area contributed by atoms with Crippen LogP contribution < -0.4 is 5.32 Å². The highest BCUT2D eigenvalue weighted by Crippen LogP contribution is 2.35. The first-order valence-corrected chi connectivity index (χ1v) is 6.48. The van der Waals surface area contributed by atoms with Crippen LogP contribution in [0.1, 0.15) is 52.8 Å². The molecule has 0 aromatic carbocycles. The van der Waals surface area contributed by atoms with Crippen molar-refractivity contribution in [1.29, 1.82) is 0 Å². The van der Waals surface area contributed by atoms with E-state index in [1.54, 1.807) is 0 Å². The van der Waals surface area contributed by atoms with E-state index in [-0.39, 0.29) is 5.97 Å². The molecule has 0 saturated heterocycles. The molecular formula is C13H17N3O2. The largest absolute Gasteiger partial charge is 0.464 e. The van der Waals surface area contributed by atoms with E-state index in [0.717, 1.165) is 49.4 Å². The zero-order valence-electron chi connectivity index (χ0n) is 10.5. The van der Waals surface area contributed by atoms with Gasteiger partial charge in [0.15, 0.2) is 5.69 Å². The number of rotatable bonds is 2. The van der Waals surface area contributed by atoms with E-state index in [0.29, 0.717) is 11.6 Å². The molecule has 96 valence electrons. The van der Waals surface area contributed by atoms with Crippen molar-refractivity contribution in [3.05, 3.63) is 22.8 Å². The lowest BCUT2D eigenvalue weighted by atomic mass is 9.84. The molecule has 1 aliphatic carbocycles. The molecule has 0 spiro atoms. The Hall–Kier alpha value is -1.49. The molecule has 1 aliphatic heterocycles. The summed E-state index contributed by atoms with van der Waals surface area (Å²) < 4.78 is 4.84. The maximum Gasteiger partial charge on any atom is 0.357 e. The van der Waals surface area contributed by atoms with Gasteiger partial charge in [-0.25, -0.2) is 14.8 Å². The standard InChI is InChI=1S/C13H17N3O2/c1-18-13(17)11-9-5-6-14-7-10(9)15-12(16-11)8-3-2-4-8/h8,14H,2-7H2,1H3. The fourth-order valence-corrected chi connectivity index (χ4v) is 2.49. The number of carbonyl (C=O) groups excluding carboxylic acids is 1. The number of methoxy groups -OCH3 is 1. The number of hydrogen-bond donors (Lipinski definition) is 1. The lowest BCUT2D eigenvalue weighted by Crippen LogP contribution is -2.29. The molecular weight excluding hydrogens is 230 g/mol. The lowest BCUT2D eigenvalue weighted by molar-refractivity contribution is 0.0591. The van der Waals surface area contributed by atoms with Gasteiger partial charge in [0.2, 0.25) is 0 Å². The third-order valence-corrected chi connectivity index (χ3v) is 3.80. The van der Waals surface area contributed by atoms with Crippen molar-refractivity contribution in [2.24, 2.45) is 0 Å². The lowest BCUT2D eigenvalue weighted by Gasteiger charge is -2.26. The van der Waals surface area contributed by atoms with Gasteiger partial charge in [-0.3, -0.25) is 0 Å². The number of carbonyl (C=O) groups is 1. The third-order valence-electron chi connectivity index (χ3n) is 3.80. The molecule has 0 amide bonds. The van der Waals surface area contributed by atoms with E-state index in [4.69, 9.17) is 4.74 Å². The van der Waals surface area contributed by atoms with Crippen molar-refractivity contribution in [3.8, 4) is 0 Å². The predicted molar refractivity (Wildman–Crippen MR) is 65.4 cm³/mol. The molecule has 1 N–H and O–H groups in total. The van der Waals surface area contributed by atoms with E-state index in [2.05, 4.69) is 15.3 Å². The van der Waals surface area contributed by atoms with Crippen LogP contribution in [0.4, 0.5) is 0 Å². The van der Waals surface area contributed by atoms with Gasteiger partial charge in [-0.05, 0) is 25.8 Å². The Kier molecular flexibility index (Phi) is 2.99. The van der Waals surface area contributed by atoms with Crippen LogP contribution in [0.5, 0.6) is 0 Å². The number of hydrogen-bond acceptors (Lipinski definition) is 5. The van der Waals surface area contributed by atoms with Gasteiger partial charge >= 0.3 is 5.97 Å². The van der Waals surface area contributed by atoms with E-state index < -0.39 is 0 Å². The van der Waals surface area contributed by atoms with Gasteiger partial charge in [0.05, 0.1) is 12.8 Å². The third kappa shape index (κ3) is 1.88. The fraction of sp³-hybridized carbons (Fsp3) is 0.615. The first kappa shape index (κ1) is 11.6. The van der Waals surface area contributed by atoms with Crippen molar-refractivity contribution in [1.82, 2.24) is 15.3 Å². The van der Waals surface area contributed by atoms with Crippen LogP contribution in [0.15, 0.2) is 0 Å².